The summed E-state index contributed by atoms with van der Waals surface area (Å²) >= 11 is 0. The summed E-state index contributed by atoms with van der Waals surface area (Å²) in [6.45, 7) is 3.62. The molecule has 1 saturated carbocycles. The lowest BCUT2D eigenvalue weighted by Crippen LogP contribution is -2.55. The van der Waals surface area contributed by atoms with Crippen molar-refractivity contribution in [3.8, 4) is 0 Å². The van der Waals surface area contributed by atoms with Crippen LogP contribution < -0.4 is 5.32 Å². The maximum Gasteiger partial charge on any atom is 0.329 e. The predicted molar refractivity (Wildman–Crippen MR) is 92.9 cm³/mol. The number of nitrogens with zero attached hydrogens (tertiary/aromatic N) is 1. The van der Waals surface area contributed by atoms with Crippen molar-refractivity contribution in [3.05, 3.63) is 47.5 Å². The lowest BCUT2D eigenvalue weighted by atomic mass is 9.81. The lowest BCUT2D eigenvalue weighted by Gasteiger charge is -2.34. The number of benzene rings is 1. The molecule has 0 radical (unpaired) electrons. The Morgan fingerprint density at radius 1 is 1.15 bits per heavy atom. The second-order valence-electron chi connectivity index (χ2n) is 6.67. The molecule has 2 N–H and O–H groups in total. The average Bonchev–Trinajstić information content (AvgIpc) is 2.87. The van der Waals surface area contributed by atoms with Crippen molar-refractivity contribution in [2.45, 2.75) is 37.6 Å². The van der Waals surface area contributed by atoms with Gasteiger partial charge in [0.25, 0.3) is 17.7 Å². The molecule has 3 amide bonds. The molecular weight excluding hydrogens is 336 g/mol. The standard InChI is InChI=1S/C19H20N2O5/c1-2-10-21-16(23)13-7-6-12(11-14(13)17(21)24)15(22)20-19(18(25)26)8-4-3-5-9-19/h2,6-7,11H,1,3-5,8-10H2,(H,20,22)(H,25,26). The summed E-state index contributed by atoms with van der Waals surface area (Å²) in [4.78, 5) is 50.0. The number of amides is 3. The molecule has 136 valence electrons. The van der Waals surface area contributed by atoms with E-state index < -0.39 is 29.2 Å². The summed E-state index contributed by atoms with van der Waals surface area (Å²) in [5, 5.41) is 12.2. The van der Waals surface area contributed by atoms with Crippen molar-refractivity contribution >= 4 is 23.7 Å². The topological polar surface area (TPSA) is 104 Å². The van der Waals surface area contributed by atoms with E-state index in [-0.39, 0.29) is 23.2 Å². The van der Waals surface area contributed by atoms with E-state index in [0.29, 0.717) is 12.8 Å². The van der Waals surface area contributed by atoms with E-state index in [1.165, 1.54) is 24.3 Å². The molecule has 1 aromatic carbocycles. The quantitative estimate of drug-likeness (QED) is 0.620. The van der Waals surface area contributed by atoms with Gasteiger partial charge in [0, 0.05) is 12.1 Å². The zero-order valence-electron chi connectivity index (χ0n) is 14.3. The molecule has 0 bridgehead atoms. The summed E-state index contributed by atoms with van der Waals surface area (Å²) < 4.78 is 0. The fraction of sp³-hybridized carbons (Fsp3) is 0.368. The first-order valence-corrected chi connectivity index (χ1v) is 8.57. The molecule has 0 saturated heterocycles. The Morgan fingerprint density at radius 2 is 1.81 bits per heavy atom. The third-order valence-corrected chi connectivity index (χ3v) is 5.01. The predicted octanol–water partition coefficient (Wildman–Crippen LogP) is 1.99. The average molecular weight is 356 g/mol. The van der Waals surface area contributed by atoms with Crippen LogP contribution in [0.5, 0.6) is 0 Å². The van der Waals surface area contributed by atoms with Crippen LogP contribution in [0.1, 0.15) is 63.2 Å². The molecule has 7 nitrogen and oxygen atoms in total. The van der Waals surface area contributed by atoms with E-state index in [2.05, 4.69) is 11.9 Å². The molecule has 0 spiro atoms. The van der Waals surface area contributed by atoms with Crippen LogP contribution in [0.3, 0.4) is 0 Å². The number of nitrogens with one attached hydrogen (secondary N) is 1. The van der Waals surface area contributed by atoms with Crippen molar-refractivity contribution in [2.24, 2.45) is 0 Å². The van der Waals surface area contributed by atoms with E-state index >= 15 is 0 Å². The van der Waals surface area contributed by atoms with Crippen LogP contribution in [0.4, 0.5) is 0 Å². The van der Waals surface area contributed by atoms with Gasteiger partial charge in [-0.2, -0.15) is 0 Å². The molecule has 0 aromatic heterocycles. The molecule has 1 aliphatic carbocycles. The van der Waals surface area contributed by atoms with Crippen LogP contribution in [-0.2, 0) is 4.79 Å². The second-order valence-corrected chi connectivity index (χ2v) is 6.67. The van der Waals surface area contributed by atoms with E-state index in [0.717, 1.165) is 24.2 Å². The molecule has 0 unspecified atom stereocenters. The van der Waals surface area contributed by atoms with Gasteiger partial charge in [-0.3, -0.25) is 19.3 Å². The SMILES string of the molecule is C=CCN1C(=O)c2ccc(C(=O)NC3(C(=O)O)CCCCC3)cc2C1=O. The van der Waals surface area contributed by atoms with Gasteiger partial charge >= 0.3 is 5.97 Å². The first-order chi connectivity index (χ1) is 12.4. The van der Waals surface area contributed by atoms with Crippen LogP contribution in [0.25, 0.3) is 0 Å². The molecule has 2 aliphatic rings. The number of rotatable bonds is 5. The Bertz CT molecular complexity index is 808. The molecule has 7 heteroatoms. The number of carbonyl (C=O) groups is 4. The highest BCUT2D eigenvalue weighted by molar-refractivity contribution is 6.22. The minimum atomic E-state index is -1.27. The number of aliphatic carboxylic acids is 1. The van der Waals surface area contributed by atoms with E-state index in [1.807, 2.05) is 0 Å². The number of carbonyl (C=O) groups excluding carboxylic acids is 3. The first kappa shape index (κ1) is 17.8. The lowest BCUT2D eigenvalue weighted by molar-refractivity contribution is -0.145. The van der Waals surface area contributed by atoms with E-state index in [9.17, 15) is 24.3 Å². The minimum absolute atomic E-state index is 0.0933. The molecule has 1 fully saturated rings. The van der Waals surface area contributed by atoms with Gasteiger partial charge in [-0.1, -0.05) is 25.3 Å². The molecule has 3 rings (SSSR count). The number of imide groups is 1. The van der Waals surface area contributed by atoms with Gasteiger partial charge in [0.15, 0.2) is 0 Å². The van der Waals surface area contributed by atoms with Crippen molar-refractivity contribution < 1.29 is 24.3 Å². The molecule has 1 aromatic rings. The van der Waals surface area contributed by atoms with Crippen molar-refractivity contribution in [1.82, 2.24) is 10.2 Å². The Labute approximate surface area is 150 Å². The van der Waals surface area contributed by atoms with Crippen molar-refractivity contribution in [2.75, 3.05) is 6.54 Å². The van der Waals surface area contributed by atoms with Crippen LogP contribution in [0, 0.1) is 0 Å². The van der Waals surface area contributed by atoms with Crippen LogP contribution in [0.15, 0.2) is 30.9 Å². The van der Waals surface area contributed by atoms with Crippen LogP contribution in [0.2, 0.25) is 0 Å². The molecule has 1 aliphatic heterocycles. The zero-order chi connectivity index (χ0) is 18.9. The zero-order valence-corrected chi connectivity index (χ0v) is 14.3. The summed E-state index contributed by atoms with van der Waals surface area (Å²) in [7, 11) is 0. The number of hydrogen-bond acceptors (Lipinski definition) is 4. The van der Waals surface area contributed by atoms with Gasteiger partial charge in [-0.05, 0) is 31.0 Å². The number of hydrogen-bond donors (Lipinski definition) is 2. The molecule has 26 heavy (non-hydrogen) atoms. The molecule has 0 atom stereocenters. The summed E-state index contributed by atoms with van der Waals surface area (Å²) in [6.07, 6.45) is 4.63. The van der Waals surface area contributed by atoms with Crippen LogP contribution in [-0.4, -0.2) is 45.8 Å². The van der Waals surface area contributed by atoms with E-state index in [1.54, 1.807) is 0 Å². The van der Waals surface area contributed by atoms with Gasteiger partial charge in [-0.15, -0.1) is 6.58 Å². The Morgan fingerprint density at radius 3 is 2.42 bits per heavy atom. The Kier molecular flexibility index (Phi) is 4.63. The van der Waals surface area contributed by atoms with Gasteiger partial charge in [0.2, 0.25) is 0 Å². The number of carboxylic acid groups (broad SMARTS) is 1. The third kappa shape index (κ3) is 2.89. The molecule has 1 heterocycles. The number of fused-ring (bicyclic) bond motifs is 1. The van der Waals surface area contributed by atoms with Crippen LogP contribution >= 0.6 is 0 Å². The van der Waals surface area contributed by atoms with Gasteiger partial charge in [-0.25, -0.2) is 4.79 Å². The summed E-state index contributed by atoms with van der Waals surface area (Å²) in [5.74, 6) is -2.51. The van der Waals surface area contributed by atoms with Crippen molar-refractivity contribution in [1.29, 1.82) is 0 Å². The Balaban J connectivity index is 1.86. The van der Waals surface area contributed by atoms with Crippen molar-refractivity contribution in [3.63, 3.8) is 0 Å². The second kappa shape index (κ2) is 6.74. The maximum atomic E-state index is 12.6. The smallest absolute Gasteiger partial charge is 0.329 e. The van der Waals surface area contributed by atoms with E-state index in [4.69, 9.17) is 0 Å². The summed E-state index contributed by atoms with van der Waals surface area (Å²) in [6, 6.07) is 4.23. The monoisotopic (exact) mass is 356 g/mol. The minimum Gasteiger partial charge on any atom is -0.480 e. The fourth-order valence-corrected chi connectivity index (χ4v) is 3.56. The fourth-order valence-electron chi connectivity index (χ4n) is 3.56. The maximum absolute atomic E-state index is 12.6. The van der Waals surface area contributed by atoms with Gasteiger partial charge < -0.3 is 10.4 Å². The third-order valence-electron chi connectivity index (χ3n) is 5.01. The summed E-state index contributed by atoms with van der Waals surface area (Å²) in [5.41, 5.74) is -0.726. The normalized spacial score (nSPS) is 18.4. The first-order valence-electron chi connectivity index (χ1n) is 8.57. The highest BCUT2D eigenvalue weighted by atomic mass is 16.4. The largest absolute Gasteiger partial charge is 0.480 e. The number of carboxylic acids is 1. The highest BCUT2D eigenvalue weighted by Crippen LogP contribution is 2.29. The van der Waals surface area contributed by atoms with Gasteiger partial charge in [0.1, 0.15) is 5.54 Å². The highest BCUT2D eigenvalue weighted by Gasteiger charge is 2.41. The molecular formula is C19H20N2O5. The Hall–Kier alpha value is -2.96. The van der Waals surface area contributed by atoms with Gasteiger partial charge in [0.05, 0.1) is 11.1 Å².